The molecule has 4 heteroatoms. The number of methoxy groups -OCH3 is 1. The van der Waals surface area contributed by atoms with Crippen LogP contribution in [0.4, 0.5) is 0 Å². The molecule has 3 atom stereocenters. The fraction of sp³-hybridized carbons (Fsp3) is 0.346. The van der Waals surface area contributed by atoms with E-state index in [0.717, 1.165) is 18.4 Å². The number of carbonyl (C=O) groups is 1. The van der Waals surface area contributed by atoms with Crippen molar-refractivity contribution in [2.45, 2.75) is 39.5 Å². The zero-order valence-electron chi connectivity index (χ0n) is 18.1. The molecule has 2 aromatic rings. The first-order valence-electron chi connectivity index (χ1n) is 10.3. The minimum Gasteiger partial charge on any atom is -0.508 e. The number of benzene rings is 2. The molecule has 0 fully saturated rings. The van der Waals surface area contributed by atoms with Crippen LogP contribution < -0.4 is 4.74 Å². The van der Waals surface area contributed by atoms with E-state index in [9.17, 15) is 15.0 Å². The maximum absolute atomic E-state index is 13.9. The summed E-state index contributed by atoms with van der Waals surface area (Å²) < 4.78 is 5.35. The van der Waals surface area contributed by atoms with Crippen molar-refractivity contribution in [3.63, 3.8) is 0 Å². The fourth-order valence-electron chi connectivity index (χ4n) is 4.44. The van der Waals surface area contributed by atoms with Crippen molar-refractivity contribution in [1.29, 1.82) is 0 Å². The molecule has 0 spiro atoms. The Morgan fingerprint density at radius 3 is 2.50 bits per heavy atom. The standard InChI is InChI=1S/C26H30O4/c1-16(2)10-12-20-17(3)11-13-21(18-8-6-5-7-9-18)24(20)26(29)25-22(28)14-19(27)15-23(25)30-4/h5-11,14-15,20-21,24,27-28H,12-13H2,1-4H3/t20-,21-,24+/m0/s1. The highest BCUT2D eigenvalue weighted by Crippen LogP contribution is 2.47. The average Bonchev–Trinajstić information content (AvgIpc) is 2.72. The summed E-state index contributed by atoms with van der Waals surface area (Å²) in [6, 6.07) is 12.7. The Bertz CT molecular complexity index is 968. The summed E-state index contributed by atoms with van der Waals surface area (Å²) in [5.74, 6) is -0.689. The Balaban J connectivity index is 2.14. The zero-order chi connectivity index (χ0) is 21.8. The lowest BCUT2D eigenvalue weighted by molar-refractivity contribution is 0.0844. The van der Waals surface area contributed by atoms with Gasteiger partial charge in [0, 0.05) is 18.1 Å². The van der Waals surface area contributed by atoms with Gasteiger partial charge in [-0.25, -0.2) is 0 Å². The average molecular weight is 407 g/mol. The number of phenolic OH excluding ortho intramolecular Hbond substituents is 2. The van der Waals surface area contributed by atoms with Gasteiger partial charge in [-0.05, 0) is 51.0 Å². The van der Waals surface area contributed by atoms with Gasteiger partial charge in [-0.3, -0.25) is 4.79 Å². The molecule has 0 amide bonds. The molecule has 4 nitrogen and oxygen atoms in total. The smallest absolute Gasteiger partial charge is 0.174 e. The predicted molar refractivity (Wildman–Crippen MR) is 119 cm³/mol. The van der Waals surface area contributed by atoms with Crippen LogP contribution in [0.3, 0.4) is 0 Å². The van der Waals surface area contributed by atoms with Gasteiger partial charge in [-0.2, -0.15) is 0 Å². The molecule has 0 unspecified atom stereocenters. The monoisotopic (exact) mass is 406 g/mol. The van der Waals surface area contributed by atoms with Crippen LogP contribution in [0.2, 0.25) is 0 Å². The van der Waals surface area contributed by atoms with Crippen LogP contribution >= 0.6 is 0 Å². The molecule has 30 heavy (non-hydrogen) atoms. The lowest BCUT2D eigenvalue weighted by Gasteiger charge is -2.37. The van der Waals surface area contributed by atoms with E-state index in [1.54, 1.807) is 0 Å². The number of hydrogen-bond donors (Lipinski definition) is 2. The Morgan fingerprint density at radius 1 is 1.17 bits per heavy atom. The quantitative estimate of drug-likeness (QED) is 0.455. The van der Waals surface area contributed by atoms with Crippen LogP contribution in [0.5, 0.6) is 17.2 Å². The van der Waals surface area contributed by atoms with Gasteiger partial charge in [0.25, 0.3) is 0 Å². The van der Waals surface area contributed by atoms with Gasteiger partial charge in [0.2, 0.25) is 0 Å². The number of ketones is 1. The molecule has 0 heterocycles. The Morgan fingerprint density at radius 2 is 1.87 bits per heavy atom. The molecule has 0 radical (unpaired) electrons. The van der Waals surface area contributed by atoms with Gasteiger partial charge in [-0.15, -0.1) is 0 Å². The number of hydrogen-bond acceptors (Lipinski definition) is 4. The number of ether oxygens (including phenoxy) is 1. The van der Waals surface area contributed by atoms with Gasteiger partial charge in [-0.1, -0.05) is 53.6 Å². The molecular formula is C26H30O4. The van der Waals surface area contributed by atoms with Crippen molar-refractivity contribution in [2.75, 3.05) is 7.11 Å². The maximum Gasteiger partial charge on any atom is 0.174 e. The number of Topliss-reactive ketones (excluding diaryl/α,β-unsaturated/α-hetero) is 1. The van der Waals surface area contributed by atoms with E-state index >= 15 is 0 Å². The number of carbonyl (C=O) groups excluding carboxylic acids is 1. The second kappa shape index (κ2) is 9.21. The Labute approximate surface area is 178 Å². The lowest BCUT2D eigenvalue weighted by Crippen LogP contribution is -2.33. The van der Waals surface area contributed by atoms with Gasteiger partial charge in [0.15, 0.2) is 5.78 Å². The van der Waals surface area contributed by atoms with E-state index in [2.05, 4.69) is 45.1 Å². The van der Waals surface area contributed by atoms with Crippen molar-refractivity contribution < 1.29 is 19.7 Å². The second-order valence-electron chi connectivity index (χ2n) is 8.26. The van der Waals surface area contributed by atoms with Gasteiger partial charge < -0.3 is 14.9 Å². The highest BCUT2D eigenvalue weighted by atomic mass is 16.5. The minimum absolute atomic E-state index is 0.00382. The zero-order valence-corrected chi connectivity index (χ0v) is 18.1. The number of allylic oxidation sites excluding steroid dienone is 4. The second-order valence-corrected chi connectivity index (χ2v) is 8.26. The van der Waals surface area contributed by atoms with Gasteiger partial charge >= 0.3 is 0 Å². The summed E-state index contributed by atoms with van der Waals surface area (Å²) in [5.41, 5.74) is 3.65. The van der Waals surface area contributed by atoms with E-state index in [1.807, 2.05) is 18.2 Å². The first-order chi connectivity index (χ1) is 14.3. The Hall–Kier alpha value is -3.01. The van der Waals surface area contributed by atoms with Crippen molar-refractivity contribution >= 4 is 5.78 Å². The summed E-state index contributed by atoms with van der Waals surface area (Å²) in [4.78, 5) is 13.9. The van der Waals surface area contributed by atoms with Crippen LogP contribution in [0.1, 0.15) is 55.5 Å². The van der Waals surface area contributed by atoms with E-state index < -0.39 is 0 Å². The van der Waals surface area contributed by atoms with Gasteiger partial charge in [0.05, 0.1) is 7.11 Å². The topological polar surface area (TPSA) is 66.8 Å². The third-order valence-electron chi connectivity index (χ3n) is 5.99. The van der Waals surface area contributed by atoms with E-state index in [-0.39, 0.29) is 46.3 Å². The molecule has 0 bridgehead atoms. The molecule has 2 N–H and O–H groups in total. The molecule has 1 aliphatic rings. The van der Waals surface area contributed by atoms with Crippen LogP contribution in [0.15, 0.2) is 65.8 Å². The molecule has 1 aliphatic carbocycles. The fourth-order valence-corrected chi connectivity index (χ4v) is 4.44. The molecular weight excluding hydrogens is 376 g/mol. The van der Waals surface area contributed by atoms with Crippen LogP contribution in [-0.2, 0) is 0 Å². The van der Waals surface area contributed by atoms with Crippen molar-refractivity contribution in [2.24, 2.45) is 11.8 Å². The minimum atomic E-state index is -0.350. The molecule has 0 aliphatic heterocycles. The highest BCUT2D eigenvalue weighted by Gasteiger charge is 2.41. The molecule has 158 valence electrons. The highest BCUT2D eigenvalue weighted by molar-refractivity contribution is 6.04. The molecule has 0 saturated heterocycles. The largest absolute Gasteiger partial charge is 0.508 e. The summed E-state index contributed by atoms with van der Waals surface area (Å²) in [6.07, 6.45) is 5.92. The summed E-state index contributed by atoms with van der Waals surface area (Å²) in [5, 5.41) is 20.4. The van der Waals surface area contributed by atoms with E-state index in [0.29, 0.717) is 0 Å². The normalized spacial score (nSPS) is 20.9. The first kappa shape index (κ1) is 21.7. The third-order valence-corrected chi connectivity index (χ3v) is 5.99. The number of rotatable bonds is 6. The molecule has 3 rings (SSSR count). The van der Waals surface area contributed by atoms with Crippen molar-refractivity contribution in [1.82, 2.24) is 0 Å². The Kier molecular flexibility index (Phi) is 6.66. The molecule has 2 aromatic carbocycles. The SMILES string of the molecule is COc1cc(O)cc(O)c1C(=O)[C@@H]1[C@@H](CC=C(C)C)C(C)=CC[C@H]1c1ccccc1. The third kappa shape index (κ3) is 4.43. The van der Waals surface area contributed by atoms with E-state index in [1.165, 1.54) is 30.4 Å². The number of aromatic hydroxyl groups is 2. The van der Waals surface area contributed by atoms with Crippen LogP contribution in [0.25, 0.3) is 0 Å². The number of phenols is 2. The first-order valence-corrected chi connectivity index (χ1v) is 10.3. The summed E-state index contributed by atoms with van der Waals surface area (Å²) >= 11 is 0. The van der Waals surface area contributed by atoms with E-state index in [4.69, 9.17) is 4.74 Å². The lowest BCUT2D eigenvalue weighted by atomic mass is 9.65. The summed E-state index contributed by atoms with van der Waals surface area (Å²) in [6.45, 7) is 6.20. The predicted octanol–water partition coefficient (Wildman–Crippen LogP) is 6.01. The van der Waals surface area contributed by atoms with Gasteiger partial charge in [0.1, 0.15) is 22.8 Å². The van der Waals surface area contributed by atoms with Crippen LogP contribution in [-0.4, -0.2) is 23.1 Å². The van der Waals surface area contributed by atoms with Crippen molar-refractivity contribution in [3.05, 3.63) is 76.9 Å². The summed E-state index contributed by atoms with van der Waals surface area (Å²) in [7, 11) is 1.44. The van der Waals surface area contributed by atoms with Crippen molar-refractivity contribution in [3.8, 4) is 17.2 Å². The molecule has 0 aromatic heterocycles. The molecule has 0 saturated carbocycles. The maximum atomic E-state index is 13.9. The van der Waals surface area contributed by atoms with Crippen LogP contribution in [0, 0.1) is 11.8 Å².